The van der Waals surface area contributed by atoms with Crippen molar-refractivity contribution in [2.24, 2.45) is 0 Å². The van der Waals surface area contributed by atoms with Gasteiger partial charge in [0.2, 0.25) is 0 Å². The van der Waals surface area contributed by atoms with E-state index < -0.39 is 0 Å². The van der Waals surface area contributed by atoms with Gasteiger partial charge in [0.05, 0.1) is 6.61 Å². The van der Waals surface area contributed by atoms with Gasteiger partial charge < -0.3 is 4.74 Å². The van der Waals surface area contributed by atoms with E-state index in [4.69, 9.17) is 10.00 Å². The summed E-state index contributed by atoms with van der Waals surface area (Å²) in [6, 6.07) is 1.77. The van der Waals surface area contributed by atoms with Crippen molar-refractivity contribution >= 4 is 5.78 Å². The zero-order valence-electron chi connectivity index (χ0n) is 6.76. The van der Waals surface area contributed by atoms with E-state index in [1.165, 1.54) is 6.26 Å². The zero-order valence-corrected chi connectivity index (χ0v) is 6.76. The maximum absolute atomic E-state index is 10.9. The Morgan fingerprint density at radius 2 is 2.27 bits per heavy atom. The van der Waals surface area contributed by atoms with E-state index in [0.29, 0.717) is 13.0 Å². The maximum Gasteiger partial charge on any atom is 0.176 e. The number of nitrogens with zero attached hydrogens (tertiary/aromatic N) is 1. The lowest BCUT2D eigenvalue weighted by molar-refractivity contribution is -0.115. The number of rotatable bonds is 4. The number of allylic oxidation sites excluding steroid dienone is 1. The number of Topliss-reactive ketones (excluding diaryl/α,β-unsaturated/α-hetero) is 1. The van der Waals surface area contributed by atoms with Crippen LogP contribution in [0.5, 0.6) is 0 Å². The molecule has 0 saturated heterocycles. The first-order chi connectivity index (χ1) is 5.26. The minimum Gasteiger partial charge on any atom is -0.500 e. The van der Waals surface area contributed by atoms with Crippen molar-refractivity contribution in [1.82, 2.24) is 0 Å². The highest BCUT2D eigenvalue weighted by Gasteiger charge is 2.04. The van der Waals surface area contributed by atoms with Gasteiger partial charge in [-0.2, -0.15) is 5.26 Å². The van der Waals surface area contributed by atoms with Gasteiger partial charge in [-0.15, -0.1) is 0 Å². The number of nitriles is 1. The lowest BCUT2D eigenvalue weighted by Gasteiger charge is -1.95. The number of ether oxygens (including phenoxy) is 1. The fourth-order valence-electron chi connectivity index (χ4n) is 0.512. The second kappa shape index (κ2) is 5.48. The Balaban J connectivity index is 4.18. The third-order valence-electron chi connectivity index (χ3n) is 1.11. The van der Waals surface area contributed by atoms with Crippen LogP contribution in [0.25, 0.3) is 0 Å². The fourth-order valence-corrected chi connectivity index (χ4v) is 0.512. The first-order valence-electron chi connectivity index (χ1n) is 3.51. The highest BCUT2D eigenvalue weighted by Crippen LogP contribution is 1.98. The number of hydrogen-bond acceptors (Lipinski definition) is 3. The van der Waals surface area contributed by atoms with Gasteiger partial charge >= 0.3 is 0 Å². The van der Waals surface area contributed by atoms with Crippen LogP contribution >= 0.6 is 0 Å². The van der Waals surface area contributed by atoms with Crippen molar-refractivity contribution in [3.8, 4) is 6.07 Å². The normalized spacial score (nSPS) is 10.5. The second-order valence-electron chi connectivity index (χ2n) is 1.88. The summed E-state index contributed by atoms with van der Waals surface area (Å²) < 4.78 is 4.80. The molecule has 0 unspecified atom stereocenters. The van der Waals surface area contributed by atoms with Gasteiger partial charge in [0.25, 0.3) is 0 Å². The van der Waals surface area contributed by atoms with Crippen LogP contribution in [0, 0.1) is 11.3 Å². The van der Waals surface area contributed by atoms with Crippen molar-refractivity contribution in [3.63, 3.8) is 0 Å². The predicted molar refractivity (Wildman–Crippen MR) is 40.6 cm³/mol. The van der Waals surface area contributed by atoms with Crippen molar-refractivity contribution in [2.45, 2.75) is 20.3 Å². The summed E-state index contributed by atoms with van der Waals surface area (Å²) in [6.45, 7) is 3.98. The van der Waals surface area contributed by atoms with Crippen LogP contribution < -0.4 is 0 Å². The largest absolute Gasteiger partial charge is 0.500 e. The lowest BCUT2D eigenvalue weighted by Crippen LogP contribution is -1.99. The SMILES string of the molecule is CCO/C=C(/C#N)C(=O)CC. The van der Waals surface area contributed by atoms with Crippen molar-refractivity contribution in [1.29, 1.82) is 5.26 Å². The van der Waals surface area contributed by atoms with Gasteiger partial charge in [-0.1, -0.05) is 6.92 Å². The Hall–Kier alpha value is -1.30. The third-order valence-corrected chi connectivity index (χ3v) is 1.11. The van der Waals surface area contributed by atoms with E-state index in [1.807, 2.05) is 0 Å². The average molecular weight is 153 g/mol. The molecular weight excluding hydrogens is 142 g/mol. The molecule has 3 nitrogen and oxygen atoms in total. The highest BCUT2D eigenvalue weighted by molar-refractivity contribution is 5.98. The van der Waals surface area contributed by atoms with Crippen LogP contribution in [0.2, 0.25) is 0 Å². The molecule has 0 rings (SSSR count). The molecule has 0 aromatic rings. The van der Waals surface area contributed by atoms with Crippen molar-refractivity contribution in [2.75, 3.05) is 6.61 Å². The van der Waals surface area contributed by atoms with Gasteiger partial charge in [0.15, 0.2) is 5.78 Å². The molecule has 0 spiro atoms. The van der Waals surface area contributed by atoms with E-state index in [9.17, 15) is 4.79 Å². The molecule has 0 aromatic heterocycles. The summed E-state index contributed by atoms with van der Waals surface area (Å²) in [5, 5.41) is 8.44. The number of carbonyl (C=O) groups excluding carboxylic acids is 1. The van der Waals surface area contributed by atoms with Gasteiger partial charge in [-0.05, 0) is 6.92 Å². The molecule has 0 aliphatic heterocycles. The number of carbonyl (C=O) groups is 1. The topological polar surface area (TPSA) is 50.1 Å². The summed E-state index contributed by atoms with van der Waals surface area (Å²) in [4.78, 5) is 10.9. The molecule has 60 valence electrons. The molecule has 0 heterocycles. The van der Waals surface area contributed by atoms with E-state index in [-0.39, 0.29) is 11.4 Å². The fraction of sp³-hybridized carbons (Fsp3) is 0.500. The second-order valence-corrected chi connectivity index (χ2v) is 1.88. The molecule has 0 radical (unpaired) electrons. The van der Waals surface area contributed by atoms with Crippen LogP contribution in [0.1, 0.15) is 20.3 Å². The van der Waals surface area contributed by atoms with Gasteiger partial charge in [0, 0.05) is 6.42 Å². The van der Waals surface area contributed by atoms with E-state index >= 15 is 0 Å². The minimum absolute atomic E-state index is 0.0920. The first-order valence-corrected chi connectivity index (χ1v) is 3.51. The Bertz CT molecular complexity index is 201. The van der Waals surface area contributed by atoms with Crippen LogP contribution in [0.4, 0.5) is 0 Å². The third kappa shape index (κ3) is 3.41. The Morgan fingerprint density at radius 3 is 2.64 bits per heavy atom. The van der Waals surface area contributed by atoms with E-state index in [1.54, 1.807) is 19.9 Å². The molecule has 3 heteroatoms. The van der Waals surface area contributed by atoms with Gasteiger partial charge in [-0.3, -0.25) is 4.79 Å². The molecule has 0 N–H and O–H groups in total. The summed E-state index contributed by atoms with van der Waals surface area (Å²) in [5.74, 6) is -0.180. The molecule has 0 aliphatic rings. The molecule has 0 bridgehead atoms. The molecule has 0 aliphatic carbocycles. The average Bonchev–Trinajstić information content (AvgIpc) is 2.05. The highest BCUT2D eigenvalue weighted by atomic mass is 16.5. The maximum atomic E-state index is 10.9. The van der Waals surface area contributed by atoms with Crippen LogP contribution in [-0.2, 0) is 9.53 Å². The molecule has 0 saturated carbocycles. The zero-order chi connectivity index (χ0) is 8.69. The smallest absolute Gasteiger partial charge is 0.176 e. The number of ketones is 1. The standard InChI is InChI=1S/C8H11NO2/c1-3-8(10)7(5-9)6-11-4-2/h6H,3-4H2,1-2H3/b7-6-. The molecule has 0 amide bonds. The molecule has 11 heavy (non-hydrogen) atoms. The minimum atomic E-state index is -0.180. The van der Waals surface area contributed by atoms with E-state index in [0.717, 1.165) is 0 Å². The molecule has 0 fully saturated rings. The number of hydrogen-bond donors (Lipinski definition) is 0. The van der Waals surface area contributed by atoms with Crippen LogP contribution in [-0.4, -0.2) is 12.4 Å². The summed E-state index contributed by atoms with van der Waals surface area (Å²) >= 11 is 0. The Morgan fingerprint density at radius 1 is 1.64 bits per heavy atom. The quantitative estimate of drug-likeness (QED) is 0.348. The van der Waals surface area contributed by atoms with E-state index in [2.05, 4.69) is 0 Å². The lowest BCUT2D eigenvalue weighted by atomic mass is 10.2. The van der Waals surface area contributed by atoms with Crippen molar-refractivity contribution < 1.29 is 9.53 Å². The van der Waals surface area contributed by atoms with Gasteiger partial charge in [-0.25, -0.2) is 0 Å². The molecule has 0 atom stereocenters. The summed E-state index contributed by atoms with van der Waals surface area (Å²) in [5.41, 5.74) is 0.0920. The predicted octanol–water partition coefficient (Wildman–Crippen LogP) is 1.41. The Labute approximate surface area is 66.3 Å². The molecule has 0 aromatic carbocycles. The van der Waals surface area contributed by atoms with Crippen LogP contribution in [0.3, 0.4) is 0 Å². The molecular formula is C8H11NO2. The summed E-state index contributed by atoms with van der Waals surface area (Å²) in [7, 11) is 0. The summed E-state index contributed by atoms with van der Waals surface area (Å²) in [6.07, 6.45) is 1.55. The first kappa shape index (κ1) is 9.70. The van der Waals surface area contributed by atoms with Crippen molar-refractivity contribution in [3.05, 3.63) is 11.8 Å². The van der Waals surface area contributed by atoms with Gasteiger partial charge in [0.1, 0.15) is 17.9 Å². The Kier molecular flexibility index (Phi) is 4.83. The van der Waals surface area contributed by atoms with Crippen LogP contribution in [0.15, 0.2) is 11.8 Å². The monoisotopic (exact) mass is 153 g/mol.